The van der Waals surface area contributed by atoms with Crippen molar-refractivity contribution >= 4 is 23.4 Å². The zero-order valence-electron chi connectivity index (χ0n) is 16.4. The molecule has 0 radical (unpaired) electrons. The van der Waals surface area contributed by atoms with Crippen LogP contribution in [0.4, 0.5) is 11.5 Å². The van der Waals surface area contributed by atoms with E-state index in [1.807, 2.05) is 42.7 Å². The zero-order valence-corrected chi connectivity index (χ0v) is 16.4. The lowest BCUT2D eigenvalue weighted by Crippen LogP contribution is -2.28. The molecule has 0 spiro atoms. The van der Waals surface area contributed by atoms with Gasteiger partial charge in [-0.1, -0.05) is 0 Å². The molecule has 7 nitrogen and oxygen atoms in total. The van der Waals surface area contributed by atoms with Crippen LogP contribution in [0.3, 0.4) is 0 Å². The van der Waals surface area contributed by atoms with Crippen LogP contribution in [0, 0.1) is 0 Å². The van der Waals surface area contributed by atoms with Crippen molar-refractivity contribution in [2.45, 2.75) is 39.2 Å². The third-order valence-electron chi connectivity index (χ3n) is 4.82. The van der Waals surface area contributed by atoms with E-state index in [4.69, 9.17) is 9.47 Å². The summed E-state index contributed by atoms with van der Waals surface area (Å²) in [6.45, 7) is 7.49. The van der Waals surface area contributed by atoms with Gasteiger partial charge in [0.05, 0.1) is 5.56 Å². The molecule has 0 aliphatic carbocycles. The summed E-state index contributed by atoms with van der Waals surface area (Å²) < 4.78 is 11.1. The van der Waals surface area contributed by atoms with E-state index in [1.165, 1.54) is 0 Å². The van der Waals surface area contributed by atoms with Crippen molar-refractivity contribution in [3.05, 3.63) is 41.6 Å². The van der Waals surface area contributed by atoms with Crippen LogP contribution in [-0.4, -0.2) is 47.2 Å². The second kappa shape index (κ2) is 6.89. The number of esters is 1. The summed E-state index contributed by atoms with van der Waals surface area (Å²) in [6.07, 6.45) is 2.11. The third kappa shape index (κ3) is 3.56. The van der Waals surface area contributed by atoms with Crippen LogP contribution in [-0.2, 0) is 4.74 Å². The molecule has 0 atom stereocenters. The third-order valence-corrected chi connectivity index (χ3v) is 4.82. The van der Waals surface area contributed by atoms with E-state index < -0.39 is 5.60 Å². The summed E-state index contributed by atoms with van der Waals surface area (Å²) in [5.74, 6) is 1.08. The minimum absolute atomic E-state index is 0.00993. The van der Waals surface area contributed by atoms with Crippen molar-refractivity contribution < 1.29 is 19.1 Å². The molecule has 0 unspecified atom stereocenters. The Morgan fingerprint density at radius 2 is 1.79 bits per heavy atom. The van der Waals surface area contributed by atoms with Gasteiger partial charge in [-0.2, -0.15) is 0 Å². The van der Waals surface area contributed by atoms with Gasteiger partial charge in [0.2, 0.25) is 0 Å². The molecule has 28 heavy (non-hydrogen) atoms. The highest BCUT2D eigenvalue weighted by Gasteiger charge is 2.29. The highest BCUT2D eigenvalue weighted by atomic mass is 16.6. The van der Waals surface area contributed by atoms with E-state index in [2.05, 4.69) is 4.98 Å². The molecule has 2 aromatic rings. The average molecular weight is 383 g/mol. The molecule has 2 aliphatic heterocycles. The number of carbonyl (C=O) groups excluding carboxylic acids is 2. The standard InChI is InChI=1S/C21H25N3O4/c1-21(2,3)28-20(26)14-6-8-15(9-7-14)24-13-27-17-12-16(22-18(17)24)19(25)23-10-4-5-11-23/h6-9,12,22H,4-5,10-11,13H2,1-3H3. The number of nitrogens with one attached hydrogen (secondary N) is 1. The molecule has 2 aliphatic rings. The summed E-state index contributed by atoms with van der Waals surface area (Å²) in [5, 5.41) is 0. The number of aromatic nitrogens is 1. The van der Waals surface area contributed by atoms with Crippen LogP contribution in [0.2, 0.25) is 0 Å². The van der Waals surface area contributed by atoms with E-state index >= 15 is 0 Å². The Balaban J connectivity index is 1.51. The molecule has 3 heterocycles. The quantitative estimate of drug-likeness (QED) is 0.818. The van der Waals surface area contributed by atoms with Gasteiger partial charge in [0, 0.05) is 24.8 Å². The lowest BCUT2D eigenvalue weighted by atomic mass is 10.1. The van der Waals surface area contributed by atoms with Crippen LogP contribution in [0.25, 0.3) is 0 Å². The number of aromatic amines is 1. The number of rotatable bonds is 3. The van der Waals surface area contributed by atoms with Gasteiger partial charge in [-0.3, -0.25) is 9.69 Å². The number of H-pyrrole nitrogens is 1. The first-order valence-corrected chi connectivity index (χ1v) is 9.58. The Labute approximate surface area is 164 Å². The Hall–Kier alpha value is -2.96. The summed E-state index contributed by atoms with van der Waals surface area (Å²) in [7, 11) is 0. The predicted octanol–water partition coefficient (Wildman–Crippen LogP) is 3.69. The van der Waals surface area contributed by atoms with Crippen molar-refractivity contribution in [1.82, 2.24) is 9.88 Å². The minimum atomic E-state index is -0.532. The Morgan fingerprint density at radius 1 is 1.11 bits per heavy atom. The van der Waals surface area contributed by atoms with Gasteiger partial charge in [-0.25, -0.2) is 4.79 Å². The van der Waals surface area contributed by atoms with Crippen molar-refractivity contribution in [1.29, 1.82) is 0 Å². The number of anilines is 2. The van der Waals surface area contributed by atoms with Crippen LogP contribution < -0.4 is 9.64 Å². The number of ether oxygens (including phenoxy) is 2. The van der Waals surface area contributed by atoms with Crippen molar-refractivity contribution in [3.63, 3.8) is 0 Å². The van der Waals surface area contributed by atoms with Crippen LogP contribution in [0.5, 0.6) is 5.75 Å². The first-order chi connectivity index (χ1) is 13.3. The highest BCUT2D eigenvalue weighted by molar-refractivity contribution is 5.95. The average Bonchev–Trinajstić information content (AvgIpc) is 3.36. The van der Waals surface area contributed by atoms with E-state index in [-0.39, 0.29) is 11.9 Å². The number of benzene rings is 1. The molecule has 1 aromatic heterocycles. The van der Waals surface area contributed by atoms with Gasteiger partial charge < -0.3 is 19.4 Å². The topological polar surface area (TPSA) is 74.9 Å². The number of hydrogen-bond donors (Lipinski definition) is 1. The van der Waals surface area contributed by atoms with Gasteiger partial charge in [0.1, 0.15) is 11.3 Å². The van der Waals surface area contributed by atoms with Crippen molar-refractivity contribution in [3.8, 4) is 5.75 Å². The Morgan fingerprint density at radius 3 is 2.43 bits per heavy atom. The van der Waals surface area contributed by atoms with Crippen LogP contribution in [0.1, 0.15) is 54.5 Å². The smallest absolute Gasteiger partial charge is 0.338 e. The maximum absolute atomic E-state index is 12.6. The molecule has 1 saturated heterocycles. The molecule has 1 aromatic carbocycles. The van der Waals surface area contributed by atoms with Crippen LogP contribution >= 0.6 is 0 Å². The Kier molecular flexibility index (Phi) is 4.53. The monoisotopic (exact) mass is 383 g/mol. The zero-order chi connectivity index (χ0) is 19.9. The fourth-order valence-corrected chi connectivity index (χ4v) is 3.46. The summed E-state index contributed by atoms with van der Waals surface area (Å²) >= 11 is 0. The van der Waals surface area contributed by atoms with Crippen molar-refractivity contribution in [2.24, 2.45) is 0 Å². The lowest BCUT2D eigenvalue weighted by Gasteiger charge is -2.20. The number of fused-ring (bicyclic) bond motifs is 1. The maximum atomic E-state index is 12.6. The maximum Gasteiger partial charge on any atom is 0.338 e. The molecule has 148 valence electrons. The lowest BCUT2D eigenvalue weighted by molar-refractivity contribution is 0.00694. The Bertz CT molecular complexity index is 889. The molecule has 1 N–H and O–H groups in total. The molecule has 1 fully saturated rings. The number of carbonyl (C=O) groups is 2. The summed E-state index contributed by atoms with van der Waals surface area (Å²) in [4.78, 5) is 31.8. The molecular weight excluding hydrogens is 358 g/mol. The van der Waals surface area contributed by atoms with Gasteiger partial charge >= 0.3 is 5.97 Å². The number of amides is 1. The molecule has 7 heteroatoms. The number of hydrogen-bond acceptors (Lipinski definition) is 5. The highest BCUT2D eigenvalue weighted by Crippen LogP contribution is 2.39. The normalized spacial score (nSPS) is 16.1. The van der Waals surface area contributed by atoms with E-state index in [9.17, 15) is 9.59 Å². The van der Waals surface area contributed by atoms with E-state index in [0.29, 0.717) is 23.7 Å². The molecular formula is C21H25N3O4. The second-order valence-corrected chi connectivity index (χ2v) is 8.15. The number of likely N-dealkylation sites (tertiary alicyclic amines) is 1. The first-order valence-electron chi connectivity index (χ1n) is 9.58. The van der Waals surface area contributed by atoms with Gasteiger partial charge in [-0.15, -0.1) is 0 Å². The second-order valence-electron chi connectivity index (χ2n) is 8.15. The molecule has 0 bridgehead atoms. The fourth-order valence-electron chi connectivity index (χ4n) is 3.46. The largest absolute Gasteiger partial charge is 0.469 e. The fraction of sp³-hybridized carbons (Fsp3) is 0.429. The van der Waals surface area contributed by atoms with Gasteiger partial charge in [0.25, 0.3) is 5.91 Å². The number of nitrogens with zero attached hydrogens (tertiary/aromatic N) is 2. The van der Waals surface area contributed by atoms with Gasteiger partial charge in [0.15, 0.2) is 18.3 Å². The van der Waals surface area contributed by atoms with E-state index in [1.54, 1.807) is 18.2 Å². The first kappa shape index (κ1) is 18.4. The summed E-state index contributed by atoms with van der Waals surface area (Å²) in [5.41, 5.74) is 1.38. The SMILES string of the molecule is CC(C)(C)OC(=O)c1ccc(N2COc3cc(C(=O)N4CCCC4)[nH]c32)cc1. The van der Waals surface area contributed by atoms with E-state index in [0.717, 1.165) is 37.4 Å². The molecule has 4 rings (SSSR count). The predicted molar refractivity (Wildman–Crippen MR) is 105 cm³/mol. The summed E-state index contributed by atoms with van der Waals surface area (Å²) in [6, 6.07) is 8.94. The van der Waals surface area contributed by atoms with Crippen molar-refractivity contribution in [2.75, 3.05) is 24.7 Å². The van der Waals surface area contributed by atoms with Crippen LogP contribution in [0.15, 0.2) is 30.3 Å². The minimum Gasteiger partial charge on any atom is -0.469 e. The molecule has 1 amide bonds. The van der Waals surface area contributed by atoms with Gasteiger partial charge in [-0.05, 0) is 57.9 Å². The molecule has 0 saturated carbocycles.